The van der Waals surface area contributed by atoms with E-state index in [0.717, 1.165) is 11.7 Å². The van der Waals surface area contributed by atoms with Crippen molar-refractivity contribution in [2.45, 2.75) is 24.9 Å². The summed E-state index contributed by atoms with van der Waals surface area (Å²) in [6, 6.07) is 1.10. The second-order valence-electron chi connectivity index (χ2n) is 4.33. The molecule has 0 amide bonds. The third-order valence-electron chi connectivity index (χ3n) is 3.28. The molecule has 1 aromatic rings. The molecule has 0 spiro atoms. The number of anilines is 1. The van der Waals surface area contributed by atoms with Crippen LogP contribution in [0.3, 0.4) is 0 Å². The molecule has 80 valence electrons. The fourth-order valence-corrected chi connectivity index (χ4v) is 2.69. The van der Waals surface area contributed by atoms with Crippen LogP contribution in [0.25, 0.3) is 0 Å². The molecule has 1 aromatic heterocycles. The molecule has 2 bridgehead atoms. The summed E-state index contributed by atoms with van der Waals surface area (Å²) < 4.78 is 0. The standard InChI is InChI=1S/C10H13ClN4/c11-9-4-14-10(5-13-9)15-8-2-6-1-7(8)12-3-6/h4-8,12H,1-3H2,(H,14,15)/t6-,7+,8-/m1/s1. The maximum atomic E-state index is 5.68. The number of fused-ring (bicyclic) bond motifs is 2. The van der Waals surface area contributed by atoms with Gasteiger partial charge < -0.3 is 10.6 Å². The van der Waals surface area contributed by atoms with Gasteiger partial charge in [-0.05, 0) is 25.3 Å². The van der Waals surface area contributed by atoms with Crippen molar-refractivity contribution >= 4 is 17.4 Å². The Morgan fingerprint density at radius 1 is 1.33 bits per heavy atom. The topological polar surface area (TPSA) is 49.8 Å². The lowest BCUT2D eigenvalue weighted by atomic mass is 10.1. The molecule has 0 unspecified atom stereocenters. The SMILES string of the molecule is Clc1cnc(N[C@@H]2C[C@@H]3CN[C@H]2C3)cn1. The number of nitrogens with zero attached hydrogens (tertiary/aromatic N) is 2. The Balaban J connectivity index is 1.68. The van der Waals surface area contributed by atoms with E-state index >= 15 is 0 Å². The molecule has 2 heterocycles. The summed E-state index contributed by atoms with van der Waals surface area (Å²) in [5, 5.41) is 7.34. The molecule has 1 aliphatic carbocycles. The van der Waals surface area contributed by atoms with E-state index in [9.17, 15) is 0 Å². The normalized spacial score (nSPS) is 33.3. The molecule has 3 atom stereocenters. The minimum Gasteiger partial charge on any atom is -0.364 e. The molecule has 1 aliphatic heterocycles. The lowest BCUT2D eigenvalue weighted by molar-refractivity contribution is 0.465. The highest BCUT2D eigenvalue weighted by Gasteiger charge is 2.39. The molecule has 5 heteroatoms. The van der Waals surface area contributed by atoms with Gasteiger partial charge in [0.1, 0.15) is 11.0 Å². The first-order chi connectivity index (χ1) is 7.31. The highest BCUT2D eigenvalue weighted by atomic mass is 35.5. The van der Waals surface area contributed by atoms with Crippen molar-refractivity contribution in [3.8, 4) is 0 Å². The van der Waals surface area contributed by atoms with Crippen LogP contribution >= 0.6 is 11.6 Å². The van der Waals surface area contributed by atoms with Gasteiger partial charge in [-0.2, -0.15) is 0 Å². The van der Waals surface area contributed by atoms with Crippen LogP contribution in [0, 0.1) is 5.92 Å². The predicted octanol–water partition coefficient (Wildman–Crippen LogP) is 1.29. The average Bonchev–Trinajstić information content (AvgIpc) is 2.83. The maximum absolute atomic E-state index is 5.68. The Morgan fingerprint density at radius 3 is 2.87 bits per heavy atom. The molecule has 15 heavy (non-hydrogen) atoms. The first kappa shape index (κ1) is 9.36. The van der Waals surface area contributed by atoms with E-state index in [1.165, 1.54) is 19.4 Å². The van der Waals surface area contributed by atoms with Gasteiger partial charge in [0.15, 0.2) is 0 Å². The van der Waals surface area contributed by atoms with Crippen molar-refractivity contribution in [3.05, 3.63) is 17.5 Å². The number of nitrogens with one attached hydrogen (secondary N) is 2. The Bertz CT molecular complexity index is 353. The van der Waals surface area contributed by atoms with Crippen LogP contribution in [0.5, 0.6) is 0 Å². The van der Waals surface area contributed by atoms with Crippen molar-refractivity contribution in [2.24, 2.45) is 5.92 Å². The van der Waals surface area contributed by atoms with Crippen molar-refractivity contribution in [1.29, 1.82) is 0 Å². The molecular weight excluding hydrogens is 212 g/mol. The third kappa shape index (κ3) is 1.79. The molecule has 1 saturated carbocycles. The largest absolute Gasteiger partial charge is 0.364 e. The highest BCUT2D eigenvalue weighted by Crippen LogP contribution is 2.32. The Kier molecular flexibility index (Phi) is 2.25. The van der Waals surface area contributed by atoms with Gasteiger partial charge in [-0.3, -0.25) is 0 Å². The van der Waals surface area contributed by atoms with Crippen molar-refractivity contribution in [1.82, 2.24) is 15.3 Å². The van der Waals surface area contributed by atoms with Crippen LogP contribution in [-0.2, 0) is 0 Å². The van der Waals surface area contributed by atoms with Crippen molar-refractivity contribution in [3.63, 3.8) is 0 Å². The van der Waals surface area contributed by atoms with Crippen LogP contribution in [0.15, 0.2) is 12.4 Å². The number of rotatable bonds is 2. The van der Waals surface area contributed by atoms with Gasteiger partial charge in [0.25, 0.3) is 0 Å². The van der Waals surface area contributed by atoms with Gasteiger partial charge in [0.2, 0.25) is 0 Å². The molecule has 4 nitrogen and oxygen atoms in total. The fraction of sp³-hybridized carbons (Fsp3) is 0.600. The van der Waals surface area contributed by atoms with Crippen LogP contribution in [-0.4, -0.2) is 28.6 Å². The Hall–Kier alpha value is -0.870. The van der Waals surface area contributed by atoms with Crippen LogP contribution in [0.2, 0.25) is 5.15 Å². The van der Waals surface area contributed by atoms with Gasteiger partial charge in [-0.25, -0.2) is 9.97 Å². The Morgan fingerprint density at radius 2 is 2.27 bits per heavy atom. The molecule has 0 radical (unpaired) electrons. The second kappa shape index (κ2) is 3.61. The monoisotopic (exact) mass is 224 g/mol. The summed E-state index contributed by atoms with van der Waals surface area (Å²) in [4.78, 5) is 8.20. The zero-order valence-electron chi connectivity index (χ0n) is 8.28. The smallest absolute Gasteiger partial charge is 0.147 e. The number of piperidine rings is 1. The van der Waals surface area contributed by atoms with Gasteiger partial charge in [0, 0.05) is 12.1 Å². The quantitative estimate of drug-likeness (QED) is 0.795. The highest BCUT2D eigenvalue weighted by molar-refractivity contribution is 6.29. The summed E-state index contributed by atoms with van der Waals surface area (Å²) in [5.74, 6) is 1.66. The number of hydrogen-bond acceptors (Lipinski definition) is 4. The van der Waals surface area contributed by atoms with E-state index in [2.05, 4.69) is 20.6 Å². The summed E-state index contributed by atoms with van der Waals surface area (Å²) in [6.07, 6.45) is 5.79. The zero-order valence-corrected chi connectivity index (χ0v) is 9.04. The van der Waals surface area contributed by atoms with E-state index < -0.39 is 0 Å². The number of halogens is 1. The molecule has 2 fully saturated rings. The van der Waals surface area contributed by atoms with Crippen molar-refractivity contribution in [2.75, 3.05) is 11.9 Å². The Labute approximate surface area is 93.5 Å². The van der Waals surface area contributed by atoms with E-state index in [-0.39, 0.29) is 0 Å². The maximum Gasteiger partial charge on any atom is 0.147 e. The number of hydrogen-bond donors (Lipinski definition) is 2. The molecule has 0 aromatic carbocycles. The van der Waals surface area contributed by atoms with Gasteiger partial charge in [-0.1, -0.05) is 11.6 Å². The second-order valence-corrected chi connectivity index (χ2v) is 4.71. The fourth-order valence-electron chi connectivity index (χ4n) is 2.59. The van der Waals surface area contributed by atoms with E-state index in [0.29, 0.717) is 17.2 Å². The minimum absolute atomic E-state index is 0.437. The molecule has 3 rings (SSSR count). The summed E-state index contributed by atoms with van der Waals surface area (Å²) >= 11 is 5.68. The van der Waals surface area contributed by atoms with Crippen LogP contribution < -0.4 is 10.6 Å². The predicted molar refractivity (Wildman–Crippen MR) is 59.0 cm³/mol. The van der Waals surface area contributed by atoms with E-state index in [4.69, 9.17) is 11.6 Å². The average molecular weight is 225 g/mol. The first-order valence-electron chi connectivity index (χ1n) is 5.29. The minimum atomic E-state index is 0.437. The van der Waals surface area contributed by atoms with E-state index in [1.54, 1.807) is 12.4 Å². The molecule has 1 saturated heterocycles. The lowest BCUT2D eigenvalue weighted by Gasteiger charge is -2.24. The first-order valence-corrected chi connectivity index (χ1v) is 5.66. The van der Waals surface area contributed by atoms with Gasteiger partial charge in [-0.15, -0.1) is 0 Å². The van der Waals surface area contributed by atoms with Crippen LogP contribution in [0.1, 0.15) is 12.8 Å². The number of aromatic nitrogens is 2. The molecule has 2 N–H and O–H groups in total. The van der Waals surface area contributed by atoms with Gasteiger partial charge >= 0.3 is 0 Å². The molecular formula is C10H13ClN4. The van der Waals surface area contributed by atoms with Crippen LogP contribution in [0.4, 0.5) is 5.82 Å². The third-order valence-corrected chi connectivity index (χ3v) is 3.48. The van der Waals surface area contributed by atoms with Gasteiger partial charge in [0.05, 0.1) is 12.4 Å². The van der Waals surface area contributed by atoms with Crippen molar-refractivity contribution < 1.29 is 0 Å². The summed E-state index contributed by atoms with van der Waals surface area (Å²) in [5.41, 5.74) is 0. The summed E-state index contributed by atoms with van der Waals surface area (Å²) in [6.45, 7) is 1.18. The summed E-state index contributed by atoms with van der Waals surface area (Å²) in [7, 11) is 0. The lowest BCUT2D eigenvalue weighted by Crippen LogP contribution is -2.41. The molecule has 2 aliphatic rings. The zero-order chi connectivity index (χ0) is 10.3. The van der Waals surface area contributed by atoms with E-state index in [1.807, 2.05) is 0 Å².